The van der Waals surface area contributed by atoms with Gasteiger partial charge in [0.1, 0.15) is 11.5 Å². The molecule has 0 saturated heterocycles. The molecule has 0 bridgehead atoms. The number of amides is 4. The van der Waals surface area contributed by atoms with Crippen LogP contribution in [0.15, 0.2) is 24.3 Å². The van der Waals surface area contributed by atoms with Crippen molar-refractivity contribution >= 4 is 46.6 Å². The molecule has 10 heteroatoms. The second-order valence-corrected chi connectivity index (χ2v) is 7.16. The minimum Gasteiger partial charge on any atom is -0.506 e. The van der Waals surface area contributed by atoms with Crippen LogP contribution in [0.1, 0.15) is 0 Å². The Balaban J connectivity index is 2.54. The van der Waals surface area contributed by atoms with Gasteiger partial charge in [0.15, 0.2) is 0 Å². The van der Waals surface area contributed by atoms with E-state index in [2.05, 4.69) is 10.6 Å². The van der Waals surface area contributed by atoms with Crippen LogP contribution in [0.25, 0.3) is 11.1 Å². The number of carbonyl (C=O) groups is 2. The maximum atomic E-state index is 11.9. The first-order valence-corrected chi connectivity index (χ1v) is 8.78. The Morgan fingerprint density at radius 1 is 0.750 bits per heavy atom. The van der Waals surface area contributed by atoms with E-state index >= 15 is 0 Å². The lowest BCUT2D eigenvalue weighted by atomic mass is 10.0. The number of phenolic OH excluding ortho intramolecular Hbond substituents is 2. The molecule has 4 N–H and O–H groups in total. The standard InChI is InChI=1S/C18H20Cl2N4O4/c1-23(2)17(27)21-13-5-9(11(19)7-15(13)25)10-6-14(16(26)8-12(10)20)22-18(28)24(3)4/h5-8,25-26H,1-4H3,(H,21,27)(H,22,28). The highest BCUT2D eigenvalue weighted by Crippen LogP contribution is 2.42. The number of phenols is 2. The first-order valence-electron chi connectivity index (χ1n) is 8.03. The van der Waals surface area contributed by atoms with Crippen LogP contribution in [-0.2, 0) is 0 Å². The minimum atomic E-state index is -0.445. The SMILES string of the molecule is CN(C)C(=O)Nc1cc(-c2cc(NC(=O)N(C)C)c(O)cc2Cl)c(Cl)cc1O. The lowest BCUT2D eigenvalue weighted by Gasteiger charge is -2.17. The molecule has 0 radical (unpaired) electrons. The molecule has 0 aliphatic heterocycles. The molecule has 0 aliphatic rings. The second-order valence-electron chi connectivity index (χ2n) is 6.35. The summed E-state index contributed by atoms with van der Waals surface area (Å²) in [5.41, 5.74) is 1.03. The summed E-state index contributed by atoms with van der Waals surface area (Å²) in [6.07, 6.45) is 0. The second kappa shape index (κ2) is 8.45. The number of halogens is 2. The van der Waals surface area contributed by atoms with Gasteiger partial charge in [0.05, 0.1) is 21.4 Å². The van der Waals surface area contributed by atoms with Gasteiger partial charge >= 0.3 is 12.1 Å². The summed E-state index contributed by atoms with van der Waals surface area (Å²) in [5, 5.41) is 25.6. The molecule has 0 heterocycles. The molecule has 0 fully saturated rings. The molecule has 8 nitrogen and oxygen atoms in total. The van der Waals surface area contributed by atoms with Crippen molar-refractivity contribution in [1.29, 1.82) is 0 Å². The number of nitrogens with zero attached hydrogens (tertiary/aromatic N) is 2. The van der Waals surface area contributed by atoms with Gasteiger partial charge in [0, 0.05) is 51.5 Å². The topological polar surface area (TPSA) is 105 Å². The van der Waals surface area contributed by atoms with Gasteiger partial charge in [-0.1, -0.05) is 23.2 Å². The van der Waals surface area contributed by atoms with Gasteiger partial charge in [-0.2, -0.15) is 0 Å². The molecule has 0 unspecified atom stereocenters. The Bertz CT molecular complexity index is 857. The Morgan fingerprint density at radius 3 is 1.36 bits per heavy atom. The average Bonchev–Trinajstić information content (AvgIpc) is 2.59. The van der Waals surface area contributed by atoms with Crippen LogP contribution in [-0.4, -0.2) is 60.3 Å². The summed E-state index contributed by atoms with van der Waals surface area (Å²) in [7, 11) is 6.22. The van der Waals surface area contributed by atoms with Crippen molar-refractivity contribution in [2.45, 2.75) is 0 Å². The predicted molar refractivity (Wildman–Crippen MR) is 111 cm³/mol. The normalized spacial score (nSPS) is 10.4. The van der Waals surface area contributed by atoms with Crippen LogP contribution in [0.2, 0.25) is 10.0 Å². The Morgan fingerprint density at radius 2 is 1.07 bits per heavy atom. The quantitative estimate of drug-likeness (QED) is 0.550. The summed E-state index contributed by atoms with van der Waals surface area (Å²) in [6, 6.07) is 4.55. The van der Waals surface area contributed by atoms with Crippen molar-refractivity contribution < 1.29 is 19.8 Å². The molecular weight excluding hydrogens is 407 g/mol. The zero-order valence-corrected chi connectivity index (χ0v) is 17.2. The maximum Gasteiger partial charge on any atom is 0.321 e. The molecule has 28 heavy (non-hydrogen) atoms. The van der Waals surface area contributed by atoms with Crippen LogP contribution < -0.4 is 10.6 Å². The summed E-state index contributed by atoms with van der Waals surface area (Å²) in [6.45, 7) is 0. The highest BCUT2D eigenvalue weighted by molar-refractivity contribution is 6.37. The van der Waals surface area contributed by atoms with Crippen LogP contribution in [0.4, 0.5) is 21.0 Å². The number of hydrogen-bond acceptors (Lipinski definition) is 4. The maximum absolute atomic E-state index is 11.9. The van der Waals surface area contributed by atoms with E-state index < -0.39 is 12.1 Å². The van der Waals surface area contributed by atoms with E-state index in [1.165, 1.54) is 34.1 Å². The number of rotatable bonds is 3. The number of benzene rings is 2. The molecule has 2 aromatic carbocycles. The number of aromatic hydroxyl groups is 2. The van der Waals surface area contributed by atoms with Gasteiger partial charge in [-0.3, -0.25) is 0 Å². The zero-order chi connectivity index (χ0) is 21.2. The van der Waals surface area contributed by atoms with Crippen molar-refractivity contribution in [2.24, 2.45) is 0 Å². The highest BCUT2D eigenvalue weighted by Gasteiger charge is 2.18. The summed E-state index contributed by atoms with van der Waals surface area (Å²) in [5.74, 6) is -0.444. The third kappa shape index (κ3) is 4.71. The molecule has 0 saturated carbocycles. The monoisotopic (exact) mass is 426 g/mol. The van der Waals surface area contributed by atoms with Gasteiger partial charge in [-0.15, -0.1) is 0 Å². The molecule has 4 amide bonds. The number of nitrogens with one attached hydrogen (secondary N) is 2. The highest BCUT2D eigenvalue weighted by atomic mass is 35.5. The van der Waals surface area contributed by atoms with E-state index in [0.717, 1.165) is 0 Å². The first-order chi connectivity index (χ1) is 13.0. The van der Waals surface area contributed by atoms with Gasteiger partial charge < -0.3 is 30.6 Å². The zero-order valence-electron chi connectivity index (χ0n) is 15.7. The number of urea groups is 2. The number of anilines is 2. The van der Waals surface area contributed by atoms with Gasteiger partial charge in [-0.05, 0) is 12.1 Å². The number of hydrogen-bond donors (Lipinski definition) is 4. The molecule has 0 aromatic heterocycles. The summed E-state index contributed by atoms with van der Waals surface area (Å²) < 4.78 is 0. The Kier molecular flexibility index (Phi) is 6.48. The lowest BCUT2D eigenvalue weighted by Crippen LogP contribution is -2.27. The van der Waals surface area contributed by atoms with E-state index in [1.54, 1.807) is 28.2 Å². The average molecular weight is 427 g/mol. The Hall–Kier alpha value is -2.84. The molecule has 0 aliphatic carbocycles. The third-order valence-electron chi connectivity index (χ3n) is 3.76. The number of carbonyl (C=O) groups excluding carboxylic acids is 2. The summed E-state index contributed by atoms with van der Waals surface area (Å²) >= 11 is 12.5. The van der Waals surface area contributed by atoms with Crippen molar-refractivity contribution in [2.75, 3.05) is 38.8 Å². The molecule has 0 atom stereocenters. The van der Waals surface area contributed by atoms with Gasteiger partial charge in [-0.25, -0.2) is 9.59 Å². The fraction of sp³-hybridized carbons (Fsp3) is 0.222. The van der Waals surface area contributed by atoms with E-state index in [0.29, 0.717) is 11.1 Å². The van der Waals surface area contributed by atoms with Crippen molar-refractivity contribution in [3.63, 3.8) is 0 Å². The molecular formula is C18H20Cl2N4O4. The van der Waals surface area contributed by atoms with Crippen LogP contribution in [0.3, 0.4) is 0 Å². The van der Waals surface area contributed by atoms with Gasteiger partial charge in [0.2, 0.25) is 0 Å². The molecule has 0 spiro atoms. The largest absolute Gasteiger partial charge is 0.506 e. The van der Waals surface area contributed by atoms with Crippen LogP contribution in [0.5, 0.6) is 11.5 Å². The first kappa shape index (κ1) is 21.5. The molecule has 2 rings (SSSR count). The molecule has 2 aromatic rings. The summed E-state index contributed by atoms with van der Waals surface area (Å²) in [4.78, 5) is 26.4. The van der Waals surface area contributed by atoms with Crippen molar-refractivity contribution in [3.05, 3.63) is 34.3 Å². The fourth-order valence-electron chi connectivity index (χ4n) is 2.19. The Labute approximate surface area is 172 Å². The van der Waals surface area contributed by atoms with Gasteiger partial charge in [0.25, 0.3) is 0 Å². The van der Waals surface area contributed by atoms with E-state index in [9.17, 15) is 19.8 Å². The third-order valence-corrected chi connectivity index (χ3v) is 4.38. The smallest absolute Gasteiger partial charge is 0.321 e. The van der Waals surface area contributed by atoms with Crippen molar-refractivity contribution in [3.8, 4) is 22.6 Å². The van der Waals surface area contributed by atoms with Crippen molar-refractivity contribution in [1.82, 2.24) is 9.80 Å². The molecule has 150 valence electrons. The van der Waals surface area contributed by atoms with Crippen LogP contribution >= 0.6 is 23.2 Å². The lowest BCUT2D eigenvalue weighted by molar-refractivity contribution is 0.230. The minimum absolute atomic E-state index is 0.126. The fourth-order valence-corrected chi connectivity index (χ4v) is 2.71. The van der Waals surface area contributed by atoms with E-state index in [-0.39, 0.29) is 32.9 Å². The van der Waals surface area contributed by atoms with E-state index in [4.69, 9.17) is 23.2 Å². The van der Waals surface area contributed by atoms with Crippen LogP contribution in [0, 0.1) is 0 Å². The predicted octanol–water partition coefficient (Wildman–Crippen LogP) is 4.26. The van der Waals surface area contributed by atoms with E-state index in [1.807, 2.05) is 0 Å².